The lowest BCUT2D eigenvalue weighted by Crippen LogP contribution is -2.40. The van der Waals surface area contributed by atoms with Crippen molar-refractivity contribution >= 4 is 20.9 Å². The average Bonchev–Trinajstić information content (AvgIpc) is 2.95. The molecule has 1 aromatic heterocycles. The second kappa shape index (κ2) is 6.76. The molecule has 0 aliphatic carbocycles. The van der Waals surface area contributed by atoms with Gasteiger partial charge in [-0.05, 0) is 23.6 Å². The van der Waals surface area contributed by atoms with Crippen molar-refractivity contribution < 1.29 is 13.3 Å². The number of nitrogens with zero attached hydrogens (tertiary/aromatic N) is 2. The van der Waals surface area contributed by atoms with Gasteiger partial charge in [0.1, 0.15) is 5.25 Å². The number of hydrogen-bond donors (Lipinski definition) is 1. The van der Waals surface area contributed by atoms with Crippen molar-refractivity contribution in [3.8, 4) is 0 Å². The SMILES string of the molecule is CC(C)CNS(=O)(=O)C1CON(C)C1c1ccnc2ccccc12. The number of pyridine rings is 1. The minimum absolute atomic E-state index is 0.144. The number of aromatic nitrogens is 1. The molecule has 0 radical (unpaired) electrons. The molecular formula is C17H23N3O3S. The molecule has 7 heteroatoms. The number of fused-ring (bicyclic) bond motifs is 1. The maximum atomic E-state index is 12.8. The third-order valence-corrected chi connectivity index (χ3v) is 6.04. The van der Waals surface area contributed by atoms with E-state index in [1.54, 1.807) is 18.3 Å². The van der Waals surface area contributed by atoms with E-state index in [0.717, 1.165) is 16.5 Å². The number of sulfonamides is 1. The summed E-state index contributed by atoms with van der Waals surface area (Å²) in [5, 5.41) is 1.93. The zero-order valence-electron chi connectivity index (χ0n) is 14.1. The van der Waals surface area contributed by atoms with Gasteiger partial charge in [-0.1, -0.05) is 32.0 Å². The number of nitrogens with one attached hydrogen (secondary N) is 1. The molecule has 1 aromatic carbocycles. The van der Waals surface area contributed by atoms with Crippen molar-refractivity contribution in [3.05, 3.63) is 42.1 Å². The number of hydroxylamine groups is 2. The predicted molar refractivity (Wildman–Crippen MR) is 93.7 cm³/mol. The molecule has 1 N–H and O–H groups in total. The van der Waals surface area contributed by atoms with Gasteiger partial charge in [-0.15, -0.1) is 0 Å². The second-order valence-corrected chi connectivity index (χ2v) is 8.51. The molecule has 1 aliphatic heterocycles. The molecule has 1 saturated heterocycles. The van der Waals surface area contributed by atoms with Crippen molar-refractivity contribution in [1.29, 1.82) is 0 Å². The fourth-order valence-corrected chi connectivity index (χ4v) is 4.69. The Balaban J connectivity index is 2.00. The van der Waals surface area contributed by atoms with E-state index in [2.05, 4.69) is 9.71 Å². The van der Waals surface area contributed by atoms with Gasteiger partial charge in [-0.3, -0.25) is 9.82 Å². The van der Waals surface area contributed by atoms with E-state index in [0.29, 0.717) is 6.54 Å². The first-order valence-corrected chi connectivity index (χ1v) is 9.62. The van der Waals surface area contributed by atoms with Crippen molar-refractivity contribution in [2.24, 2.45) is 5.92 Å². The molecule has 0 spiro atoms. The Hall–Kier alpha value is -1.54. The quantitative estimate of drug-likeness (QED) is 0.895. The molecule has 130 valence electrons. The summed E-state index contributed by atoms with van der Waals surface area (Å²) in [6, 6.07) is 9.26. The maximum Gasteiger partial charge on any atom is 0.218 e. The summed E-state index contributed by atoms with van der Waals surface area (Å²) in [4.78, 5) is 9.93. The van der Waals surface area contributed by atoms with Crippen LogP contribution >= 0.6 is 0 Å². The van der Waals surface area contributed by atoms with Crippen LogP contribution in [0.5, 0.6) is 0 Å². The van der Waals surface area contributed by atoms with Crippen LogP contribution in [-0.2, 0) is 14.9 Å². The summed E-state index contributed by atoms with van der Waals surface area (Å²) in [6.07, 6.45) is 1.72. The third-order valence-electron chi connectivity index (χ3n) is 4.28. The molecule has 0 amide bonds. The van der Waals surface area contributed by atoms with E-state index in [9.17, 15) is 8.42 Å². The Kier molecular flexibility index (Phi) is 4.87. The predicted octanol–water partition coefficient (Wildman–Crippen LogP) is 2.10. The van der Waals surface area contributed by atoms with Crippen molar-refractivity contribution in [1.82, 2.24) is 14.8 Å². The molecule has 0 bridgehead atoms. The topological polar surface area (TPSA) is 71.5 Å². The summed E-state index contributed by atoms with van der Waals surface area (Å²) in [5.74, 6) is 0.250. The molecule has 24 heavy (non-hydrogen) atoms. The van der Waals surface area contributed by atoms with E-state index >= 15 is 0 Å². The molecule has 0 saturated carbocycles. The highest BCUT2D eigenvalue weighted by molar-refractivity contribution is 7.90. The maximum absolute atomic E-state index is 12.8. The normalized spacial score (nSPS) is 22.5. The summed E-state index contributed by atoms with van der Waals surface area (Å²) < 4.78 is 28.3. The summed E-state index contributed by atoms with van der Waals surface area (Å²) in [5.41, 5.74) is 1.77. The Morgan fingerprint density at radius 1 is 1.33 bits per heavy atom. The van der Waals surface area contributed by atoms with Crippen LogP contribution < -0.4 is 4.72 Å². The lowest BCUT2D eigenvalue weighted by molar-refractivity contribution is -0.110. The summed E-state index contributed by atoms with van der Waals surface area (Å²) in [6.45, 7) is 4.53. The van der Waals surface area contributed by atoms with Crippen LogP contribution in [0.15, 0.2) is 36.5 Å². The van der Waals surface area contributed by atoms with Gasteiger partial charge in [0.05, 0.1) is 18.2 Å². The van der Waals surface area contributed by atoms with Crippen LogP contribution in [0.1, 0.15) is 25.5 Å². The second-order valence-electron chi connectivity index (χ2n) is 6.53. The first-order valence-electron chi connectivity index (χ1n) is 8.08. The number of hydrogen-bond acceptors (Lipinski definition) is 5. The van der Waals surface area contributed by atoms with Crippen LogP contribution in [0, 0.1) is 5.92 Å². The zero-order chi connectivity index (χ0) is 17.3. The Morgan fingerprint density at radius 3 is 2.83 bits per heavy atom. The lowest BCUT2D eigenvalue weighted by Gasteiger charge is -2.24. The van der Waals surface area contributed by atoms with Gasteiger partial charge in [0.15, 0.2) is 0 Å². The number of rotatable bonds is 5. The molecule has 2 unspecified atom stereocenters. The first-order chi connectivity index (χ1) is 11.4. The highest BCUT2D eigenvalue weighted by Crippen LogP contribution is 2.36. The van der Waals surface area contributed by atoms with Gasteiger partial charge < -0.3 is 0 Å². The van der Waals surface area contributed by atoms with Crippen molar-refractivity contribution in [2.45, 2.75) is 25.1 Å². The molecule has 1 fully saturated rings. The summed E-state index contributed by atoms with van der Waals surface area (Å²) in [7, 11) is -1.72. The van der Waals surface area contributed by atoms with Gasteiger partial charge >= 0.3 is 0 Å². The molecule has 6 nitrogen and oxygen atoms in total. The van der Waals surface area contributed by atoms with E-state index in [1.807, 2.05) is 44.2 Å². The molecule has 2 heterocycles. The molecule has 3 rings (SSSR count). The number of para-hydroxylation sites is 1. The van der Waals surface area contributed by atoms with Crippen LogP contribution in [0.3, 0.4) is 0 Å². The molecular weight excluding hydrogens is 326 g/mol. The van der Waals surface area contributed by atoms with E-state index < -0.39 is 15.3 Å². The standard InChI is InChI=1S/C17H23N3O3S/c1-12(2)10-19-24(21,22)16-11-23-20(3)17(16)14-8-9-18-15-7-5-4-6-13(14)15/h4-9,12,16-17,19H,10-11H2,1-3H3. The fourth-order valence-electron chi connectivity index (χ4n) is 3.02. The van der Waals surface area contributed by atoms with Gasteiger partial charge in [0.25, 0.3) is 0 Å². The molecule has 1 aliphatic rings. The molecule has 2 aromatic rings. The largest absolute Gasteiger partial charge is 0.297 e. The smallest absolute Gasteiger partial charge is 0.218 e. The monoisotopic (exact) mass is 349 g/mol. The Bertz CT molecular complexity index is 817. The van der Waals surface area contributed by atoms with Gasteiger partial charge in [0.2, 0.25) is 10.0 Å². The first kappa shape index (κ1) is 17.3. The molecule has 2 atom stereocenters. The van der Waals surface area contributed by atoms with Crippen LogP contribution in [0.25, 0.3) is 10.9 Å². The Labute approximate surface area is 142 Å². The van der Waals surface area contributed by atoms with Crippen LogP contribution in [-0.4, -0.2) is 43.9 Å². The van der Waals surface area contributed by atoms with E-state index in [-0.39, 0.29) is 18.6 Å². The fraction of sp³-hybridized carbons (Fsp3) is 0.471. The average molecular weight is 349 g/mol. The van der Waals surface area contributed by atoms with E-state index in [4.69, 9.17) is 4.84 Å². The van der Waals surface area contributed by atoms with Crippen LogP contribution in [0.2, 0.25) is 0 Å². The van der Waals surface area contributed by atoms with Crippen LogP contribution in [0.4, 0.5) is 0 Å². The van der Waals surface area contributed by atoms with E-state index in [1.165, 1.54) is 0 Å². The minimum Gasteiger partial charge on any atom is -0.297 e. The third kappa shape index (κ3) is 3.30. The lowest BCUT2D eigenvalue weighted by atomic mass is 10.00. The Morgan fingerprint density at radius 2 is 2.08 bits per heavy atom. The van der Waals surface area contributed by atoms with Gasteiger partial charge in [0, 0.05) is 25.2 Å². The number of benzene rings is 1. The minimum atomic E-state index is -3.49. The summed E-state index contributed by atoms with van der Waals surface area (Å²) >= 11 is 0. The van der Waals surface area contributed by atoms with Crippen molar-refractivity contribution in [3.63, 3.8) is 0 Å². The van der Waals surface area contributed by atoms with Gasteiger partial charge in [-0.25, -0.2) is 13.1 Å². The zero-order valence-corrected chi connectivity index (χ0v) is 15.0. The highest BCUT2D eigenvalue weighted by atomic mass is 32.2. The van der Waals surface area contributed by atoms with Crippen molar-refractivity contribution in [2.75, 3.05) is 20.2 Å². The van der Waals surface area contributed by atoms with Gasteiger partial charge in [-0.2, -0.15) is 5.06 Å². The highest BCUT2D eigenvalue weighted by Gasteiger charge is 2.43.